The van der Waals surface area contributed by atoms with E-state index < -0.39 is 12.3 Å². The smallest absolute Gasteiger partial charge is 0.253 e. The topological polar surface area (TPSA) is 20.3 Å². The molecule has 2 rings (SSSR count). The molecule has 1 aromatic carbocycles. The van der Waals surface area contributed by atoms with Gasteiger partial charge in [0.05, 0.1) is 5.92 Å². The van der Waals surface area contributed by atoms with E-state index in [9.17, 15) is 13.6 Å². The molecule has 1 aromatic rings. The SMILES string of the molecule is O=C(c1ccccc1)N1CC(C(F)F)C1. The first-order valence-corrected chi connectivity index (χ1v) is 4.81. The molecule has 80 valence electrons. The molecular weight excluding hydrogens is 200 g/mol. The Hall–Kier alpha value is -1.45. The van der Waals surface area contributed by atoms with Crippen molar-refractivity contribution in [1.82, 2.24) is 4.90 Å². The van der Waals surface area contributed by atoms with E-state index in [4.69, 9.17) is 0 Å². The summed E-state index contributed by atoms with van der Waals surface area (Å²) in [6, 6.07) is 8.72. The summed E-state index contributed by atoms with van der Waals surface area (Å²) in [5.74, 6) is -0.801. The summed E-state index contributed by atoms with van der Waals surface area (Å²) in [7, 11) is 0. The maximum absolute atomic E-state index is 12.2. The van der Waals surface area contributed by atoms with Crippen LogP contribution in [0.25, 0.3) is 0 Å². The van der Waals surface area contributed by atoms with Crippen LogP contribution in [0.3, 0.4) is 0 Å². The number of hydrogen-bond acceptors (Lipinski definition) is 1. The predicted molar refractivity (Wildman–Crippen MR) is 51.8 cm³/mol. The molecule has 0 unspecified atom stereocenters. The molecule has 0 bridgehead atoms. The summed E-state index contributed by atoms with van der Waals surface area (Å²) >= 11 is 0. The number of carbonyl (C=O) groups excluding carboxylic acids is 1. The van der Waals surface area contributed by atoms with Gasteiger partial charge in [-0.2, -0.15) is 0 Å². The Labute approximate surface area is 86.5 Å². The Morgan fingerprint density at radius 3 is 2.40 bits per heavy atom. The van der Waals surface area contributed by atoms with E-state index in [1.54, 1.807) is 24.3 Å². The number of likely N-dealkylation sites (tertiary alicyclic amines) is 1. The molecule has 0 radical (unpaired) electrons. The summed E-state index contributed by atoms with van der Waals surface area (Å²) in [5, 5.41) is 0. The van der Waals surface area contributed by atoms with Crippen LogP contribution in [0.15, 0.2) is 30.3 Å². The molecule has 1 fully saturated rings. The second-order valence-electron chi connectivity index (χ2n) is 3.67. The van der Waals surface area contributed by atoms with Gasteiger partial charge in [-0.25, -0.2) is 8.78 Å². The quantitative estimate of drug-likeness (QED) is 0.732. The van der Waals surface area contributed by atoms with E-state index in [0.29, 0.717) is 5.56 Å². The molecule has 1 aliphatic heterocycles. The van der Waals surface area contributed by atoms with Gasteiger partial charge in [0.2, 0.25) is 6.43 Å². The summed E-state index contributed by atoms with van der Waals surface area (Å²) in [6.45, 7) is 0.344. The summed E-state index contributed by atoms with van der Waals surface area (Å²) in [6.07, 6.45) is -2.31. The normalized spacial score (nSPS) is 16.6. The fourth-order valence-electron chi connectivity index (χ4n) is 1.60. The Morgan fingerprint density at radius 2 is 1.87 bits per heavy atom. The lowest BCUT2D eigenvalue weighted by Crippen LogP contribution is -2.52. The van der Waals surface area contributed by atoms with Crippen molar-refractivity contribution in [2.45, 2.75) is 6.43 Å². The van der Waals surface area contributed by atoms with Crippen molar-refractivity contribution in [2.24, 2.45) is 5.92 Å². The molecule has 1 heterocycles. The van der Waals surface area contributed by atoms with Crippen LogP contribution in [-0.4, -0.2) is 30.3 Å². The van der Waals surface area contributed by atoms with Gasteiger partial charge in [0.15, 0.2) is 0 Å². The first kappa shape index (κ1) is 10.1. The number of alkyl halides is 2. The standard InChI is InChI=1S/C11H11F2NO/c12-10(13)9-6-14(7-9)11(15)8-4-2-1-3-5-8/h1-5,9-10H,6-7H2. The third kappa shape index (κ3) is 1.98. The second kappa shape index (κ2) is 3.96. The lowest BCUT2D eigenvalue weighted by atomic mass is 9.99. The van der Waals surface area contributed by atoms with Crippen LogP contribution in [0.4, 0.5) is 8.78 Å². The molecule has 1 aliphatic rings. The molecular formula is C11H11F2NO. The number of amides is 1. The molecule has 0 spiro atoms. The van der Waals surface area contributed by atoms with Crippen LogP contribution in [-0.2, 0) is 0 Å². The van der Waals surface area contributed by atoms with Gasteiger partial charge in [0, 0.05) is 18.7 Å². The molecule has 0 atom stereocenters. The molecule has 1 amide bonds. The van der Waals surface area contributed by atoms with Crippen molar-refractivity contribution in [3.63, 3.8) is 0 Å². The Bertz CT molecular complexity index is 347. The lowest BCUT2D eigenvalue weighted by Gasteiger charge is -2.38. The average Bonchev–Trinajstić information content (AvgIpc) is 2.16. The fourth-order valence-corrected chi connectivity index (χ4v) is 1.60. The van der Waals surface area contributed by atoms with Crippen LogP contribution in [0.1, 0.15) is 10.4 Å². The zero-order chi connectivity index (χ0) is 10.8. The maximum atomic E-state index is 12.2. The highest BCUT2D eigenvalue weighted by atomic mass is 19.3. The highest BCUT2D eigenvalue weighted by Crippen LogP contribution is 2.23. The number of carbonyl (C=O) groups is 1. The van der Waals surface area contributed by atoms with Crippen molar-refractivity contribution in [3.05, 3.63) is 35.9 Å². The Morgan fingerprint density at radius 1 is 1.27 bits per heavy atom. The molecule has 1 saturated heterocycles. The van der Waals surface area contributed by atoms with Gasteiger partial charge in [-0.15, -0.1) is 0 Å². The van der Waals surface area contributed by atoms with Crippen molar-refractivity contribution in [3.8, 4) is 0 Å². The highest BCUT2D eigenvalue weighted by Gasteiger charge is 2.36. The van der Waals surface area contributed by atoms with Crippen LogP contribution in [0.5, 0.6) is 0 Å². The van der Waals surface area contributed by atoms with Crippen molar-refractivity contribution in [2.75, 3.05) is 13.1 Å². The molecule has 0 N–H and O–H groups in total. The molecule has 0 aliphatic carbocycles. The number of nitrogens with zero attached hydrogens (tertiary/aromatic N) is 1. The van der Waals surface area contributed by atoms with Gasteiger partial charge >= 0.3 is 0 Å². The van der Waals surface area contributed by atoms with Gasteiger partial charge in [-0.3, -0.25) is 4.79 Å². The summed E-state index contributed by atoms with van der Waals surface area (Å²) < 4.78 is 24.4. The molecule has 2 nitrogen and oxygen atoms in total. The first-order valence-electron chi connectivity index (χ1n) is 4.81. The minimum atomic E-state index is -2.31. The van der Waals surface area contributed by atoms with E-state index in [1.165, 1.54) is 4.90 Å². The zero-order valence-electron chi connectivity index (χ0n) is 8.07. The van der Waals surface area contributed by atoms with Crippen LogP contribution in [0, 0.1) is 5.92 Å². The van der Waals surface area contributed by atoms with Gasteiger partial charge in [0.25, 0.3) is 5.91 Å². The highest BCUT2D eigenvalue weighted by molar-refractivity contribution is 5.94. The summed E-state index contributed by atoms with van der Waals surface area (Å²) in [4.78, 5) is 13.1. The van der Waals surface area contributed by atoms with Crippen LogP contribution >= 0.6 is 0 Å². The largest absolute Gasteiger partial charge is 0.338 e. The lowest BCUT2D eigenvalue weighted by molar-refractivity contribution is -0.0152. The number of rotatable bonds is 2. The predicted octanol–water partition coefficient (Wildman–Crippen LogP) is 2.02. The van der Waals surface area contributed by atoms with Crippen LogP contribution in [0.2, 0.25) is 0 Å². The number of hydrogen-bond donors (Lipinski definition) is 0. The van der Waals surface area contributed by atoms with Gasteiger partial charge < -0.3 is 4.90 Å². The maximum Gasteiger partial charge on any atom is 0.253 e. The van der Waals surface area contributed by atoms with E-state index in [-0.39, 0.29) is 19.0 Å². The molecule has 15 heavy (non-hydrogen) atoms. The second-order valence-corrected chi connectivity index (χ2v) is 3.67. The zero-order valence-corrected chi connectivity index (χ0v) is 8.07. The van der Waals surface area contributed by atoms with E-state index >= 15 is 0 Å². The summed E-state index contributed by atoms with van der Waals surface area (Å²) in [5.41, 5.74) is 0.560. The Balaban J connectivity index is 1.95. The minimum absolute atomic E-state index is 0.160. The molecule has 4 heteroatoms. The third-order valence-corrected chi connectivity index (χ3v) is 2.57. The van der Waals surface area contributed by atoms with E-state index in [1.807, 2.05) is 6.07 Å². The van der Waals surface area contributed by atoms with Crippen molar-refractivity contribution < 1.29 is 13.6 Å². The van der Waals surface area contributed by atoms with Crippen molar-refractivity contribution >= 4 is 5.91 Å². The van der Waals surface area contributed by atoms with Gasteiger partial charge in [-0.05, 0) is 12.1 Å². The molecule has 0 aromatic heterocycles. The van der Waals surface area contributed by atoms with Gasteiger partial charge in [0.1, 0.15) is 0 Å². The van der Waals surface area contributed by atoms with Crippen LogP contribution < -0.4 is 0 Å². The fraction of sp³-hybridized carbons (Fsp3) is 0.364. The minimum Gasteiger partial charge on any atom is -0.338 e. The number of halogens is 2. The third-order valence-electron chi connectivity index (χ3n) is 2.57. The number of benzene rings is 1. The van der Waals surface area contributed by atoms with E-state index in [0.717, 1.165) is 0 Å². The average molecular weight is 211 g/mol. The van der Waals surface area contributed by atoms with E-state index in [2.05, 4.69) is 0 Å². The first-order chi connectivity index (χ1) is 7.18. The van der Waals surface area contributed by atoms with Crippen molar-refractivity contribution in [1.29, 1.82) is 0 Å². The Kier molecular flexibility index (Phi) is 2.66. The monoisotopic (exact) mass is 211 g/mol. The van der Waals surface area contributed by atoms with Gasteiger partial charge in [-0.1, -0.05) is 18.2 Å². The molecule has 0 saturated carbocycles.